The molecule has 1 amide bonds. The SMILES string of the molecule is CC1(c2ccc(Br)o2)CC(=O)N1S(=O)(=O)Cl. The van der Waals surface area contributed by atoms with Crippen molar-refractivity contribution in [2.75, 3.05) is 0 Å². The molecular weight excluding hydrogens is 322 g/mol. The lowest BCUT2D eigenvalue weighted by Gasteiger charge is -2.45. The Hall–Kier alpha value is -0.530. The predicted octanol–water partition coefficient (Wildman–Crippen LogP) is 1.97. The molecule has 1 aromatic heterocycles. The summed E-state index contributed by atoms with van der Waals surface area (Å²) in [5, 5.41) is 0. The van der Waals surface area contributed by atoms with E-state index in [1.165, 1.54) is 0 Å². The average molecular weight is 329 g/mol. The summed E-state index contributed by atoms with van der Waals surface area (Å²) in [6.07, 6.45) is 0.0545. The maximum atomic E-state index is 11.3. The van der Waals surface area contributed by atoms with Crippen molar-refractivity contribution in [3.8, 4) is 0 Å². The highest BCUT2D eigenvalue weighted by Gasteiger charge is 2.56. The van der Waals surface area contributed by atoms with E-state index in [4.69, 9.17) is 15.1 Å². The van der Waals surface area contributed by atoms with Crippen LogP contribution in [0.25, 0.3) is 0 Å². The van der Waals surface area contributed by atoms with Crippen LogP contribution >= 0.6 is 26.6 Å². The molecule has 1 aromatic rings. The van der Waals surface area contributed by atoms with Crippen molar-refractivity contribution in [2.45, 2.75) is 18.9 Å². The van der Waals surface area contributed by atoms with Crippen LogP contribution < -0.4 is 0 Å². The second-order valence-electron chi connectivity index (χ2n) is 3.65. The van der Waals surface area contributed by atoms with E-state index in [-0.39, 0.29) is 6.42 Å². The molecule has 1 fully saturated rings. The molecular formula is C8H7BrClNO4S. The number of rotatable bonds is 2. The molecule has 2 heterocycles. The molecule has 8 heteroatoms. The second-order valence-corrected chi connectivity index (χ2v) is 6.80. The number of halogens is 2. The molecule has 88 valence electrons. The summed E-state index contributed by atoms with van der Waals surface area (Å²) < 4.78 is 28.8. The summed E-state index contributed by atoms with van der Waals surface area (Å²) in [5.74, 6) is -0.159. The van der Waals surface area contributed by atoms with Gasteiger partial charge in [0.1, 0.15) is 11.3 Å². The molecule has 0 aliphatic carbocycles. The fourth-order valence-electron chi connectivity index (χ4n) is 1.78. The molecule has 1 aliphatic heterocycles. The highest BCUT2D eigenvalue weighted by molar-refractivity contribution is 9.10. The Morgan fingerprint density at radius 3 is 2.56 bits per heavy atom. The van der Waals surface area contributed by atoms with Crippen molar-refractivity contribution < 1.29 is 17.6 Å². The molecule has 0 aromatic carbocycles. The number of hydrogen-bond donors (Lipinski definition) is 0. The van der Waals surface area contributed by atoms with Crippen molar-refractivity contribution in [2.24, 2.45) is 0 Å². The van der Waals surface area contributed by atoms with Gasteiger partial charge in [-0.15, -0.1) is 0 Å². The van der Waals surface area contributed by atoms with Gasteiger partial charge in [0.05, 0.1) is 6.42 Å². The van der Waals surface area contributed by atoms with Gasteiger partial charge in [0.15, 0.2) is 4.67 Å². The van der Waals surface area contributed by atoms with Crippen molar-refractivity contribution >= 4 is 41.8 Å². The van der Waals surface area contributed by atoms with Gasteiger partial charge >= 0.3 is 9.24 Å². The van der Waals surface area contributed by atoms with Gasteiger partial charge in [-0.1, -0.05) is 0 Å². The van der Waals surface area contributed by atoms with Crippen LogP contribution in [0.3, 0.4) is 0 Å². The summed E-state index contributed by atoms with van der Waals surface area (Å²) in [6, 6.07) is 3.23. The van der Waals surface area contributed by atoms with E-state index in [9.17, 15) is 13.2 Å². The summed E-state index contributed by atoms with van der Waals surface area (Å²) >= 11 is 3.11. The maximum absolute atomic E-state index is 11.3. The number of hydrogen-bond acceptors (Lipinski definition) is 4. The average Bonchev–Trinajstić information content (AvgIpc) is 2.47. The predicted molar refractivity (Wildman–Crippen MR) is 60.0 cm³/mol. The number of carbonyl (C=O) groups is 1. The molecule has 16 heavy (non-hydrogen) atoms. The van der Waals surface area contributed by atoms with Gasteiger partial charge in [0, 0.05) is 10.7 Å². The molecule has 1 saturated heterocycles. The Kier molecular flexibility index (Phi) is 2.60. The van der Waals surface area contributed by atoms with Gasteiger partial charge in [0.25, 0.3) is 0 Å². The van der Waals surface area contributed by atoms with Crippen LogP contribution in [0, 0.1) is 0 Å². The third-order valence-corrected chi connectivity index (χ3v) is 4.38. The normalized spacial score (nSPS) is 25.7. The molecule has 1 atom stereocenters. The van der Waals surface area contributed by atoms with E-state index in [0.29, 0.717) is 14.7 Å². The quantitative estimate of drug-likeness (QED) is 0.615. The number of carbonyl (C=O) groups excluding carboxylic acids is 1. The third kappa shape index (κ3) is 1.66. The summed E-state index contributed by atoms with van der Waals surface area (Å²) in [7, 11) is 1.11. The van der Waals surface area contributed by atoms with Crippen molar-refractivity contribution in [1.82, 2.24) is 4.31 Å². The number of furan rings is 1. The van der Waals surface area contributed by atoms with Gasteiger partial charge < -0.3 is 4.42 Å². The molecule has 0 N–H and O–H groups in total. The zero-order valence-electron chi connectivity index (χ0n) is 8.11. The van der Waals surface area contributed by atoms with Gasteiger partial charge in [-0.25, -0.2) is 4.31 Å². The van der Waals surface area contributed by atoms with Crippen molar-refractivity contribution in [1.29, 1.82) is 0 Å². The van der Waals surface area contributed by atoms with Crippen LogP contribution in [0.1, 0.15) is 19.1 Å². The first-order chi connectivity index (χ1) is 7.25. The molecule has 0 saturated carbocycles. The number of β-lactam (4-membered cyclic amide) rings is 1. The molecule has 1 unspecified atom stereocenters. The van der Waals surface area contributed by atoms with Crippen LogP contribution in [-0.2, 0) is 19.6 Å². The lowest BCUT2D eigenvalue weighted by molar-refractivity contribution is -0.145. The summed E-state index contributed by atoms with van der Waals surface area (Å²) in [5.41, 5.74) is -1.02. The Bertz CT molecular complexity index is 554. The minimum atomic E-state index is -4.08. The first-order valence-electron chi connectivity index (χ1n) is 4.29. The summed E-state index contributed by atoms with van der Waals surface area (Å²) in [4.78, 5) is 11.3. The van der Waals surface area contributed by atoms with Crippen LogP contribution in [0.15, 0.2) is 21.2 Å². The number of nitrogens with zero attached hydrogens (tertiary/aromatic N) is 1. The zero-order valence-corrected chi connectivity index (χ0v) is 11.3. The third-order valence-electron chi connectivity index (χ3n) is 2.49. The molecule has 1 aliphatic rings. The van der Waals surface area contributed by atoms with Crippen LogP contribution in [0.2, 0.25) is 0 Å². The van der Waals surface area contributed by atoms with Gasteiger partial charge in [-0.2, -0.15) is 8.42 Å². The Balaban J connectivity index is 2.45. The van der Waals surface area contributed by atoms with E-state index in [1.807, 2.05) is 0 Å². The van der Waals surface area contributed by atoms with E-state index < -0.39 is 20.7 Å². The lowest BCUT2D eigenvalue weighted by atomic mass is 9.87. The minimum Gasteiger partial charge on any atom is -0.452 e. The highest BCUT2D eigenvalue weighted by Crippen LogP contribution is 2.45. The topological polar surface area (TPSA) is 67.6 Å². The smallest absolute Gasteiger partial charge is 0.324 e. The molecule has 0 bridgehead atoms. The van der Waals surface area contributed by atoms with Gasteiger partial charge in [-0.3, -0.25) is 4.79 Å². The second kappa shape index (κ2) is 3.48. The van der Waals surface area contributed by atoms with Crippen molar-refractivity contribution in [3.05, 3.63) is 22.6 Å². The Labute approximate surface area is 105 Å². The Morgan fingerprint density at radius 1 is 1.56 bits per heavy atom. The van der Waals surface area contributed by atoms with Crippen LogP contribution in [-0.4, -0.2) is 18.6 Å². The minimum absolute atomic E-state index is 0.0545. The highest BCUT2D eigenvalue weighted by atomic mass is 79.9. The largest absolute Gasteiger partial charge is 0.452 e. The van der Waals surface area contributed by atoms with E-state index in [1.54, 1.807) is 19.1 Å². The monoisotopic (exact) mass is 327 g/mol. The Morgan fingerprint density at radius 2 is 2.19 bits per heavy atom. The van der Waals surface area contributed by atoms with Crippen LogP contribution in [0.4, 0.5) is 0 Å². The zero-order chi connectivity index (χ0) is 12.1. The molecule has 0 spiro atoms. The molecule has 2 rings (SSSR count). The van der Waals surface area contributed by atoms with Gasteiger partial charge in [0.2, 0.25) is 5.91 Å². The first-order valence-corrected chi connectivity index (χ1v) is 7.35. The standard InChI is InChI=1S/C8H7BrClNO4S/c1-8(5-2-3-6(9)15-5)4-7(12)11(8)16(10,13)14/h2-3H,4H2,1H3. The summed E-state index contributed by atoms with van der Waals surface area (Å²) in [6.45, 7) is 1.58. The van der Waals surface area contributed by atoms with Gasteiger partial charge in [-0.05, 0) is 35.0 Å². The van der Waals surface area contributed by atoms with Crippen LogP contribution in [0.5, 0.6) is 0 Å². The molecule has 5 nitrogen and oxygen atoms in total. The maximum Gasteiger partial charge on any atom is 0.324 e. The molecule has 0 radical (unpaired) electrons. The van der Waals surface area contributed by atoms with E-state index in [0.717, 1.165) is 0 Å². The fourth-order valence-corrected chi connectivity index (χ4v) is 3.71. The fraction of sp³-hybridized carbons (Fsp3) is 0.375. The lowest BCUT2D eigenvalue weighted by Crippen LogP contribution is -2.60. The van der Waals surface area contributed by atoms with E-state index >= 15 is 0 Å². The first kappa shape index (κ1) is 11.9. The van der Waals surface area contributed by atoms with Crippen molar-refractivity contribution in [3.63, 3.8) is 0 Å². The van der Waals surface area contributed by atoms with E-state index in [2.05, 4.69) is 15.9 Å². The number of amides is 1.